The number of hydrogen-bond donors (Lipinski definition) is 2. The molecule has 9 heteroatoms. The Morgan fingerprint density at radius 3 is 2.61 bits per heavy atom. The number of aryl methyl sites for hydroxylation is 2. The van der Waals surface area contributed by atoms with Gasteiger partial charge in [-0.1, -0.05) is 36.0 Å². The average molecular weight is 417 g/mol. The van der Waals surface area contributed by atoms with Gasteiger partial charge in [0.05, 0.1) is 16.7 Å². The van der Waals surface area contributed by atoms with E-state index in [0.717, 1.165) is 33.5 Å². The van der Waals surface area contributed by atoms with E-state index >= 15 is 0 Å². The van der Waals surface area contributed by atoms with E-state index in [2.05, 4.69) is 20.8 Å². The molecule has 0 fully saturated rings. The van der Waals surface area contributed by atoms with Crippen molar-refractivity contribution in [1.82, 2.24) is 15.5 Å². The van der Waals surface area contributed by atoms with Crippen LogP contribution in [0.3, 0.4) is 0 Å². The fourth-order valence-corrected chi connectivity index (χ4v) is 3.82. The van der Waals surface area contributed by atoms with Crippen molar-refractivity contribution in [1.29, 1.82) is 0 Å². The quantitative estimate of drug-likeness (QED) is 0.571. The number of thiophene rings is 1. The summed E-state index contributed by atoms with van der Waals surface area (Å²) in [5, 5.41) is 15.2. The van der Waals surface area contributed by atoms with Gasteiger partial charge in [0.25, 0.3) is 11.1 Å². The zero-order valence-electron chi connectivity index (χ0n) is 15.7. The van der Waals surface area contributed by atoms with Crippen LogP contribution in [0.4, 0.5) is 5.69 Å². The first-order valence-electron chi connectivity index (χ1n) is 8.62. The first kappa shape index (κ1) is 20.1. The van der Waals surface area contributed by atoms with Gasteiger partial charge in [-0.05, 0) is 43.3 Å². The molecule has 0 spiro atoms. The lowest BCUT2D eigenvalue weighted by atomic mass is 10.1. The van der Waals surface area contributed by atoms with Gasteiger partial charge in [-0.2, -0.15) is 0 Å². The van der Waals surface area contributed by atoms with Crippen LogP contribution in [0.25, 0.3) is 10.8 Å². The lowest BCUT2D eigenvalue weighted by Gasteiger charge is -2.13. The summed E-state index contributed by atoms with van der Waals surface area (Å²) in [5.41, 5.74) is 2.72. The minimum Gasteiger partial charge on any atom is -0.410 e. The van der Waals surface area contributed by atoms with Crippen LogP contribution >= 0.6 is 23.1 Å². The molecule has 0 aliphatic carbocycles. The van der Waals surface area contributed by atoms with Crippen molar-refractivity contribution in [2.24, 2.45) is 0 Å². The molecule has 1 atom stereocenters. The molecule has 7 nitrogen and oxygen atoms in total. The van der Waals surface area contributed by atoms with Gasteiger partial charge in [-0.3, -0.25) is 9.59 Å². The summed E-state index contributed by atoms with van der Waals surface area (Å²) in [4.78, 5) is 25.3. The Balaban J connectivity index is 1.50. The average Bonchev–Trinajstić information content (AvgIpc) is 3.34. The molecular formula is C19H20N4O3S2. The smallest absolute Gasteiger partial charge is 0.277 e. The number of carbonyl (C=O) groups is 2. The van der Waals surface area contributed by atoms with Gasteiger partial charge in [0, 0.05) is 5.69 Å². The van der Waals surface area contributed by atoms with Crippen LogP contribution in [-0.2, 0) is 9.59 Å². The Kier molecular flexibility index (Phi) is 6.48. The molecule has 2 N–H and O–H groups in total. The Hall–Kier alpha value is -2.65. The van der Waals surface area contributed by atoms with E-state index < -0.39 is 5.25 Å². The molecule has 3 rings (SSSR count). The van der Waals surface area contributed by atoms with E-state index in [1.807, 2.05) is 49.6 Å². The highest BCUT2D eigenvalue weighted by Gasteiger charge is 2.19. The fraction of sp³-hybridized carbons (Fsp3) is 0.263. The molecule has 0 aliphatic rings. The van der Waals surface area contributed by atoms with Crippen LogP contribution in [-0.4, -0.2) is 33.8 Å². The summed E-state index contributed by atoms with van der Waals surface area (Å²) in [6.45, 7) is 5.46. The van der Waals surface area contributed by atoms with Crippen molar-refractivity contribution in [3.8, 4) is 10.8 Å². The van der Waals surface area contributed by atoms with E-state index in [0.29, 0.717) is 11.1 Å². The number of benzene rings is 1. The van der Waals surface area contributed by atoms with Gasteiger partial charge >= 0.3 is 0 Å². The third kappa shape index (κ3) is 4.99. The number of anilines is 1. The van der Waals surface area contributed by atoms with Crippen LogP contribution in [0.2, 0.25) is 0 Å². The van der Waals surface area contributed by atoms with E-state index in [1.165, 1.54) is 11.3 Å². The lowest BCUT2D eigenvalue weighted by Crippen LogP contribution is -2.37. The maximum Gasteiger partial charge on any atom is 0.277 e. The number of thioether (sulfide) groups is 1. The van der Waals surface area contributed by atoms with Crippen molar-refractivity contribution in [2.75, 3.05) is 11.9 Å². The molecule has 0 bridgehead atoms. The predicted molar refractivity (Wildman–Crippen MR) is 110 cm³/mol. The second kappa shape index (κ2) is 9.03. The van der Waals surface area contributed by atoms with Crippen molar-refractivity contribution in [3.63, 3.8) is 0 Å². The Labute approximate surface area is 170 Å². The highest BCUT2D eigenvalue weighted by Crippen LogP contribution is 2.28. The number of amides is 2. The Morgan fingerprint density at radius 1 is 1.18 bits per heavy atom. The lowest BCUT2D eigenvalue weighted by molar-refractivity contribution is -0.123. The van der Waals surface area contributed by atoms with E-state index in [1.54, 1.807) is 6.92 Å². The second-order valence-electron chi connectivity index (χ2n) is 6.14. The minimum atomic E-state index is -0.482. The number of para-hydroxylation sites is 1. The maximum absolute atomic E-state index is 12.3. The molecule has 3 aromatic rings. The van der Waals surface area contributed by atoms with Crippen LogP contribution in [0.5, 0.6) is 0 Å². The zero-order chi connectivity index (χ0) is 20.1. The standard InChI is InChI=1S/C19H20N4O3S2/c1-11-6-4-7-12(2)16(11)21-15(24)10-20-17(25)13(3)28-19-23-22-18(26-19)14-8-5-9-27-14/h4-9,13H,10H2,1-3H3,(H,20,25)(H,21,24). The Bertz CT molecular complexity index is 949. The molecule has 1 unspecified atom stereocenters. The summed E-state index contributed by atoms with van der Waals surface area (Å²) in [7, 11) is 0. The highest BCUT2D eigenvalue weighted by molar-refractivity contribution is 8.00. The van der Waals surface area contributed by atoms with Crippen molar-refractivity contribution >= 4 is 40.6 Å². The van der Waals surface area contributed by atoms with Crippen molar-refractivity contribution < 1.29 is 14.0 Å². The number of aromatic nitrogens is 2. The normalized spacial score (nSPS) is 11.8. The molecule has 2 aromatic heterocycles. The summed E-state index contributed by atoms with van der Waals surface area (Å²) in [5.74, 6) is -0.128. The summed E-state index contributed by atoms with van der Waals surface area (Å²) >= 11 is 2.65. The monoisotopic (exact) mass is 416 g/mol. The summed E-state index contributed by atoms with van der Waals surface area (Å²) < 4.78 is 5.57. The van der Waals surface area contributed by atoms with Crippen LogP contribution in [0.15, 0.2) is 45.4 Å². The molecular weight excluding hydrogens is 396 g/mol. The molecule has 28 heavy (non-hydrogen) atoms. The van der Waals surface area contributed by atoms with Crippen LogP contribution < -0.4 is 10.6 Å². The van der Waals surface area contributed by atoms with E-state index in [9.17, 15) is 9.59 Å². The van der Waals surface area contributed by atoms with E-state index in [4.69, 9.17) is 4.42 Å². The van der Waals surface area contributed by atoms with Crippen molar-refractivity contribution in [3.05, 3.63) is 46.8 Å². The van der Waals surface area contributed by atoms with Gasteiger partial charge < -0.3 is 15.1 Å². The molecule has 0 aliphatic heterocycles. The third-order valence-corrected chi connectivity index (χ3v) is 5.75. The molecule has 2 amide bonds. The zero-order valence-corrected chi connectivity index (χ0v) is 17.3. The topological polar surface area (TPSA) is 97.1 Å². The molecule has 0 radical (unpaired) electrons. The van der Waals surface area contributed by atoms with Crippen molar-refractivity contribution in [2.45, 2.75) is 31.2 Å². The summed E-state index contributed by atoms with van der Waals surface area (Å²) in [6.07, 6.45) is 0. The van der Waals surface area contributed by atoms with Gasteiger partial charge in [0.15, 0.2) is 0 Å². The van der Waals surface area contributed by atoms with Gasteiger partial charge in [-0.25, -0.2) is 0 Å². The predicted octanol–water partition coefficient (Wildman–Crippen LogP) is 3.65. The van der Waals surface area contributed by atoms with Crippen LogP contribution in [0.1, 0.15) is 18.1 Å². The first-order chi connectivity index (χ1) is 13.4. The number of hydrogen-bond acceptors (Lipinski definition) is 7. The van der Waals surface area contributed by atoms with Gasteiger partial charge in [0.2, 0.25) is 11.8 Å². The minimum absolute atomic E-state index is 0.109. The highest BCUT2D eigenvalue weighted by atomic mass is 32.2. The fourth-order valence-electron chi connectivity index (χ4n) is 2.47. The summed E-state index contributed by atoms with van der Waals surface area (Å²) in [6, 6.07) is 9.57. The maximum atomic E-state index is 12.3. The second-order valence-corrected chi connectivity index (χ2v) is 8.38. The SMILES string of the molecule is Cc1cccc(C)c1NC(=O)CNC(=O)C(C)Sc1nnc(-c2cccs2)o1. The number of carbonyl (C=O) groups excluding carboxylic acids is 2. The van der Waals surface area contributed by atoms with Crippen LogP contribution in [0, 0.1) is 13.8 Å². The number of nitrogens with zero attached hydrogens (tertiary/aromatic N) is 2. The Morgan fingerprint density at radius 2 is 1.93 bits per heavy atom. The molecule has 2 heterocycles. The first-order valence-corrected chi connectivity index (χ1v) is 10.4. The molecule has 0 saturated carbocycles. The number of nitrogens with one attached hydrogen (secondary N) is 2. The largest absolute Gasteiger partial charge is 0.410 e. The van der Waals surface area contributed by atoms with E-state index in [-0.39, 0.29) is 18.4 Å². The molecule has 0 saturated heterocycles. The number of rotatable bonds is 7. The van der Waals surface area contributed by atoms with Gasteiger partial charge in [0.1, 0.15) is 0 Å². The van der Waals surface area contributed by atoms with Gasteiger partial charge in [-0.15, -0.1) is 21.5 Å². The third-order valence-electron chi connectivity index (χ3n) is 3.95. The molecule has 1 aromatic carbocycles. The molecule has 146 valence electrons.